The van der Waals surface area contributed by atoms with E-state index in [-0.39, 0.29) is 24.0 Å². The van der Waals surface area contributed by atoms with Gasteiger partial charge in [0.2, 0.25) is 0 Å². The molecule has 0 fully saturated rings. The van der Waals surface area contributed by atoms with Crippen molar-refractivity contribution >= 4 is 6.21 Å². The standard InChI is InChI=1S/C18H30N2O.HI/c1-2-3-4-5-6-7-8-9-10-11-14-20-15-12-13-18(17-20)16-19-21;/h12-13,15-17H,2-11,14H2,1H3;1H/b19-16-;. The van der Waals surface area contributed by atoms with Gasteiger partial charge in [-0.2, -0.15) is 0 Å². The van der Waals surface area contributed by atoms with Crippen LogP contribution in [0.15, 0.2) is 29.7 Å². The fourth-order valence-electron chi connectivity index (χ4n) is 2.61. The third-order valence-corrected chi connectivity index (χ3v) is 3.86. The number of unbranched alkanes of at least 4 members (excludes halogenated alkanes) is 9. The molecule has 0 amide bonds. The molecule has 0 radical (unpaired) electrons. The molecular weight excluding hydrogens is 387 g/mol. The minimum absolute atomic E-state index is 0. The van der Waals surface area contributed by atoms with E-state index in [1.807, 2.05) is 18.3 Å². The van der Waals surface area contributed by atoms with E-state index in [2.05, 4.69) is 22.8 Å². The van der Waals surface area contributed by atoms with Crippen LogP contribution in [0.4, 0.5) is 0 Å². The maximum Gasteiger partial charge on any atom is 0.177 e. The van der Waals surface area contributed by atoms with Crippen LogP contribution < -0.4 is 28.5 Å². The lowest BCUT2D eigenvalue weighted by molar-refractivity contribution is -0.697. The summed E-state index contributed by atoms with van der Waals surface area (Å²) >= 11 is 0. The Labute approximate surface area is 152 Å². The maximum atomic E-state index is 8.54. The van der Waals surface area contributed by atoms with Crippen LogP contribution in [-0.2, 0) is 6.54 Å². The van der Waals surface area contributed by atoms with E-state index in [9.17, 15) is 0 Å². The van der Waals surface area contributed by atoms with Crippen LogP contribution in [0.1, 0.15) is 76.7 Å². The summed E-state index contributed by atoms with van der Waals surface area (Å²) in [4.78, 5) is 0. The quantitative estimate of drug-likeness (QED) is 0.138. The number of oxime groups is 1. The fourth-order valence-corrected chi connectivity index (χ4v) is 2.61. The van der Waals surface area contributed by atoms with Gasteiger partial charge in [-0.1, -0.05) is 63.4 Å². The van der Waals surface area contributed by atoms with E-state index in [1.54, 1.807) is 0 Å². The third kappa shape index (κ3) is 11.0. The van der Waals surface area contributed by atoms with Gasteiger partial charge in [-0.15, -0.1) is 0 Å². The number of aryl methyl sites for hydroxylation is 1. The van der Waals surface area contributed by atoms with Gasteiger partial charge in [-0.05, 0) is 12.5 Å². The average molecular weight is 418 g/mol. The zero-order valence-electron chi connectivity index (χ0n) is 13.9. The molecule has 0 aliphatic rings. The lowest BCUT2D eigenvalue weighted by Crippen LogP contribution is -3.00. The molecule has 0 saturated carbocycles. The second kappa shape index (κ2) is 15.3. The highest BCUT2D eigenvalue weighted by Gasteiger charge is 2.01. The van der Waals surface area contributed by atoms with Crippen molar-refractivity contribution < 1.29 is 33.8 Å². The van der Waals surface area contributed by atoms with Crippen molar-refractivity contribution in [1.29, 1.82) is 0 Å². The summed E-state index contributed by atoms with van der Waals surface area (Å²) in [6.07, 6.45) is 19.2. The molecule has 0 saturated heterocycles. The lowest BCUT2D eigenvalue weighted by atomic mass is 10.1. The first-order valence-corrected chi connectivity index (χ1v) is 8.53. The van der Waals surface area contributed by atoms with E-state index >= 15 is 0 Å². The van der Waals surface area contributed by atoms with Gasteiger partial charge in [0.05, 0.1) is 11.8 Å². The van der Waals surface area contributed by atoms with Crippen molar-refractivity contribution in [1.82, 2.24) is 0 Å². The summed E-state index contributed by atoms with van der Waals surface area (Å²) in [6, 6.07) is 3.93. The third-order valence-electron chi connectivity index (χ3n) is 3.86. The van der Waals surface area contributed by atoms with E-state index in [1.165, 1.54) is 70.4 Å². The summed E-state index contributed by atoms with van der Waals surface area (Å²) in [5.74, 6) is 0. The van der Waals surface area contributed by atoms with Crippen LogP contribution in [0, 0.1) is 0 Å². The summed E-state index contributed by atoms with van der Waals surface area (Å²) in [5.41, 5.74) is 0.937. The molecular formula is C18H31IN2O. The smallest absolute Gasteiger partial charge is 0.177 e. The number of hydrogen-bond donors (Lipinski definition) is 1. The van der Waals surface area contributed by atoms with Crippen LogP contribution in [0.5, 0.6) is 0 Å². The van der Waals surface area contributed by atoms with E-state index < -0.39 is 0 Å². The number of nitrogens with zero attached hydrogens (tertiary/aromatic N) is 2. The molecule has 1 aromatic heterocycles. The predicted octanol–water partition coefficient (Wildman–Crippen LogP) is 1.71. The molecule has 4 heteroatoms. The zero-order chi connectivity index (χ0) is 15.2. The zero-order valence-corrected chi connectivity index (χ0v) is 16.0. The van der Waals surface area contributed by atoms with Gasteiger partial charge in [0.15, 0.2) is 12.4 Å². The molecule has 0 bridgehead atoms. The highest BCUT2D eigenvalue weighted by molar-refractivity contribution is 5.77. The Morgan fingerprint density at radius 3 is 2.18 bits per heavy atom. The van der Waals surface area contributed by atoms with E-state index in [4.69, 9.17) is 5.21 Å². The minimum atomic E-state index is 0. The van der Waals surface area contributed by atoms with Gasteiger partial charge in [0.25, 0.3) is 0 Å². The first kappa shape index (κ1) is 21.4. The van der Waals surface area contributed by atoms with Crippen LogP contribution in [0.2, 0.25) is 0 Å². The van der Waals surface area contributed by atoms with Crippen molar-refractivity contribution in [2.45, 2.75) is 77.7 Å². The topological polar surface area (TPSA) is 36.5 Å². The predicted molar refractivity (Wildman–Crippen MR) is 87.9 cm³/mol. The lowest BCUT2D eigenvalue weighted by Gasteiger charge is -2.01. The highest BCUT2D eigenvalue weighted by atomic mass is 127. The first-order chi connectivity index (χ1) is 10.4. The van der Waals surface area contributed by atoms with Crippen LogP contribution in [0.25, 0.3) is 0 Å². The number of pyridine rings is 1. The van der Waals surface area contributed by atoms with Gasteiger partial charge in [-0.25, -0.2) is 4.57 Å². The summed E-state index contributed by atoms with van der Waals surface area (Å²) in [6.45, 7) is 3.31. The molecule has 0 aliphatic heterocycles. The molecule has 0 spiro atoms. The first-order valence-electron chi connectivity index (χ1n) is 8.53. The van der Waals surface area contributed by atoms with Gasteiger partial charge >= 0.3 is 0 Å². The van der Waals surface area contributed by atoms with Gasteiger partial charge in [0, 0.05) is 12.5 Å². The highest BCUT2D eigenvalue weighted by Crippen LogP contribution is 2.10. The summed E-state index contributed by atoms with van der Waals surface area (Å²) in [7, 11) is 0. The number of hydrogen-bond acceptors (Lipinski definition) is 2. The van der Waals surface area contributed by atoms with Crippen molar-refractivity contribution in [2.24, 2.45) is 5.16 Å². The van der Waals surface area contributed by atoms with Crippen molar-refractivity contribution in [3.63, 3.8) is 0 Å². The molecule has 0 aliphatic carbocycles. The van der Waals surface area contributed by atoms with Crippen LogP contribution >= 0.6 is 0 Å². The minimum Gasteiger partial charge on any atom is -1.00 e. The molecule has 1 N–H and O–H groups in total. The van der Waals surface area contributed by atoms with Crippen molar-refractivity contribution in [3.05, 3.63) is 30.1 Å². The van der Waals surface area contributed by atoms with E-state index in [0.717, 1.165) is 12.1 Å². The van der Waals surface area contributed by atoms with Gasteiger partial charge in [-0.3, -0.25) is 0 Å². The Bertz CT molecular complexity index is 396. The summed E-state index contributed by atoms with van der Waals surface area (Å²) < 4.78 is 2.17. The van der Waals surface area contributed by atoms with Gasteiger partial charge < -0.3 is 29.2 Å². The van der Waals surface area contributed by atoms with Gasteiger partial charge in [0.1, 0.15) is 6.54 Å². The Morgan fingerprint density at radius 2 is 1.59 bits per heavy atom. The molecule has 126 valence electrons. The molecule has 1 heterocycles. The number of aromatic nitrogens is 1. The molecule has 22 heavy (non-hydrogen) atoms. The Kier molecular flexibility index (Phi) is 14.8. The maximum absolute atomic E-state index is 8.54. The molecule has 3 nitrogen and oxygen atoms in total. The number of rotatable bonds is 12. The SMILES string of the molecule is CCCCCCCCCCCC[n+]1cccc(/C=N\O)c1.[I-]. The largest absolute Gasteiger partial charge is 1.00 e. The number of halogens is 1. The molecule has 1 aromatic rings. The average Bonchev–Trinajstić information content (AvgIpc) is 2.50. The summed E-state index contributed by atoms with van der Waals surface area (Å²) in [5, 5.41) is 11.6. The molecule has 1 rings (SSSR count). The monoisotopic (exact) mass is 418 g/mol. The molecule has 0 unspecified atom stereocenters. The van der Waals surface area contributed by atoms with Crippen molar-refractivity contribution in [2.75, 3.05) is 0 Å². The van der Waals surface area contributed by atoms with E-state index in [0.29, 0.717) is 0 Å². The second-order valence-corrected chi connectivity index (χ2v) is 5.80. The molecule has 0 atom stereocenters. The Balaban J connectivity index is 0.00000441. The fraction of sp³-hybridized carbons (Fsp3) is 0.667. The second-order valence-electron chi connectivity index (χ2n) is 5.80. The normalized spacial score (nSPS) is 10.8. The Morgan fingerprint density at radius 1 is 1.00 bits per heavy atom. The molecule has 0 aromatic carbocycles. The van der Waals surface area contributed by atoms with Crippen molar-refractivity contribution in [3.8, 4) is 0 Å². The van der Waals surface area contributed by atoms with Crippen LogP contribution in [-0.4, -0.2) is 11.4 Å². The van der Waals surface area contributed by atoms with Crippen LogP contribution in [0.3, 0.4) is 0 Å². The Hall–Kier alpha value is -0.650.